The van der Waals surface area contributed by atoms with E-state index in [1.807, 2.05) is 18.2 Å². The van der Waals surface area contributed by atoms with E-state index < -0.39 is 6.04 Å². The maximum atomic E-state index is 12.9. The molecule has 1 unspecified atom stereocenters. The number of hydrogen-bond donors (Lipinski definition) is 3. The Morgan fingerprint density at radius 3 is 2.68 bits per heavy atom. The number of unbranched alkanes of at least 4 members (excludes halogenated alkanes) is 2. The van der Waals surface area contributed by atoms with E-state index in [2.05, 4.69) is 22.6 Å². The molecular formula is C23H35N5O3. The molecule has 0 bridgehead atoms. The molecule has 3 amide bonds. The predicted molar refractivity (Wildman–Crippen MR) is 119 cm³/mol. The normalized spacial score (nSPS) is 18.6. The molecule has 2 heterocycles. The summed E-state index contributed by atoms with van der Waals surface area (Å²) < 4.78 is 0. The molecule has 31 heavy (non-hydrogen) atoms. The number of benzene rings is 1. The number of imide groups is 1. The van der Waals surface area contributed by atoms with Gasteiger partial charge in [-0.2, -0.15) is 0 Å². The van der Waals surface area contributed by atoms with E-state index in [1.54, 1.807) is 4.90 Å². The first kappa shape index (κ1) is 23.4. The third kappa shape index (κ3) is 6.35. The van der Waals surface area contributed by atoms with Crippen LogP contribution in [0.5, 0.6) is 0 Å². The van der Waals surface area contributed by atoms with Crippen LogP contribution in [0.15, 0.2) is 18.2 Å². The van der Waals surface area contributed by atoms with Crippen LogP contribution in [0.3, 0.4) is 0 Å². The van der Waals surface area contributed by atoms with E-state index in [0.29, 0.717) is 25.1 Å². The highest BCUT2D eigenvalue weighted by Crippen LogP contribution is 2.28. The van der Waals surface area contributed by atoms with Crippen molar-refractivity contribution in [3.8, 4) is 0 Å². The minimum atomic E-state index is -0.562. The van der Waals surface area contributed by atoms with Gasteiger partial charge in [-0.05, 0) is 82.5 Å². The fourth-order valence-electron chi connectivity index (χ4n) is 4.21. The van der Waals surface area contributed by atoms with Crippen LogP contribution >= 0.6 is 0 Å². The van der Waals surface area contributed by atoms with Crippen molar-refractivity contribution in [1.82, 2.24) is 20.4 Å². The minimum absolute atomic E-state index is 0.121. The minimum Gasteiger partial charge on any atom is -0.330 e. The summed E-state index contributed by atoms with van der Waals surface area (Å²) in [4.78, 5) is 40.4. The van der Waals surface area contributed by atoms with Crippen LogP contribution in [0.2, 0.25) is 0 Å². The molecule has 1 saturated heterocycles. The van der Waals surface area contributed by atoms with Gasteiger partial charge < -0.3 is 20.9 Å². The molecule has 0 aromatic heterocycles. The summed E-state index contributed by atoms with van der Waals surface area (Å²) in [6.07, 6.45) is 5.16. The molecule has 170 valence electrons. The van der Waals surface area contributed by atoms with E-state index in [4.69, 9.17) is 5.73 Å². The summed E-state index contributed by atoms with van der Waals surface area (Å²) in [5.74, 6) is -0.759. The zero-order chi connectivity index (χ0) is 22.2. The number of nitrogens with one attached hydrogen (secondary N) is 2. The summed E-state index contributed by atoms with van der Waals surface area (Å²) in [6.45, 7) is 5.03. The molecule has 8 heteroatoms. The summed E-state index contributed by atoms with van der Waals surface area (Å²) in [5, 5.41) is 5.80. The van der Waals surface area contributed by atoms with Crippen molar-refractivity contribution < 1.29 is 14.4 Å². The Morgan fingerprint density at radius 2 is 1.94 bits per heavy atom. The highest BCUT2D eigenvalue weighted by molar-refractivity contribution is 6.05. The topological polar surface area (TPSA) is 108 Å². The van der Waals surface area contributed by atoms with Crippen LogP contribution < -0.4 is 16.4 Å². The highest BCUT2D eigenvalue weighted by Gasteiger charge is 2.39. The third-order valence-electron chi connectivity index (χ3n) is 6.06. The second-order valence-corrected chi connectivity index (χ2v) is 8.57. The number of fused-ring (bicyclic) bond motifs is 1. The Bertz CT molecular complexity index is 797. The van der Waals surface area contributed by atoms with Gasteiger partial charge in [0.25, 0.3) is 5.91 Å². The summed E-state index contributed by atoms with van der Waals surface area (Å²) in [5.41, 5.74) is 8.21. The lowest BCUT2D eigenvalue weighted by Crippen LogP contribution is -2.52. The molecule has 3 rings (SSSR count). The highest BCUT2D eigenvalue weighted by atomic mass is 16.2. The van der Waals surface area contributed by atoms with Crippen LogP contribution in [0.1, 0.15) is 60.0 Å². The molecule has 1 aromatic rings. The largest absolute Gasteiger partial charge is 0.330 e. The van der Waals surface area contributed by atoms with Crippen LogP contribution in [-0.2, 0) is 22.7 Å². The monoisotopic (exact) mass is 429 g/mol. The van der Waals surface area contributed by atoms with Crippen molar-refractivity contribution in [2.24, 2.45) is 5.73 Å². The number of nitrogens with two attached hydrogens (primary N) is 1. The summed E-state index contributed by atoms with van der Waals surface area (Å²) >= 11 is 0. The van der Waals surface area contributed by atoms with E-state index in [-0.39, 0.29) is 24.1 Å². The molecule has 2 aliphatic heterocycles. The zero-order valence-electron chi connectivity index (χ0n) is 18.5. The average Bonchev–Trinajstić information content (AvgIpc) is 3.06. The van der Waals surface area contributed by atoms with Crippen LogP contribution in [-0.4, -0.2) is 66.8 Å². The molecule has 0 aliphatic carbocycles. The van der Waals surface area contributed by atoms with Gasteiger partial charge in [-0.25, -0.2) is 0 Å². The van der Waals surface area contributed by atoms with Gasteiger partial charge in [0.15, 0.2) is 0 Å². The molecule has 2 aliphatic rings. The Morgan fingerprint density at radius 1 is 1.16 bits per heavy atom. The van der Waals surface area contributed by atoms with Gasteiger partial charge in [0.1, 0.15) is 6.04 Å². The second-order valence-electron chi connectivity index (χ2n) is 8.57. The Balaban J connectivity index is 1.41. The Hall–Kier alpha value is -2.29. The lowest BCUT2D eigenvalue weighted by Gasteiger charge is -2.29. The first-order valence-electron chi connectivity index (χ1n) is 11.4. The van der Waals surface area contributed by atoms with Gasteiger partial charge in [0.05, 0.1) is 0 Å². The lowest BCUT2D eigenvalue weighted by atomic mass is 10.0. The SMILES string of the molecule is CN(CCCCN)CCCCNCc1ccc2c(c1)C(=O)N(C1CCC(=O)NC1=O)C2. The maximum absolute atomic E-state index is 12.9. The first-order valence-corrected chi connectivity index (χ1v) is 11.4. The van der Waals surface area contributed by atoms with Gasteiger partial charge in [-0.3, -0.25) is 19.7 Å². The number of rotatable bonds is 12. The molecule has 0 spiro atoms. The number of piperidine rings is 1. The summed E-state index contributed by atoms with van der Waals surface area (Å²) in [7, 11) is 2.16. The zero-order valence-corrected chi connectivity index (χ0v) is 18.5. The van der Waals surface area contributed by atoms with E-state index in [1.165, 1.54) is 0 Å². The van der Waals surface area contributed by atoms with Crippen molar-refractivity contribution in [3.63, 3.8) is 0 Å². The van der Waals surface area contributed by atoms with Gasteiger partial charge >= 0.3 is 0 Å². The van der Waals surface area contributed by atoms with E-state index >= 15 is 0 Å². The average molecular weight is 430 g/mol. The Labute approximate surface area is 184 Å². The molecule has 1 aromatic carbocycles. The second kappa shape index (κ2) is 11.4. The van der Waals surface area contributed by atoms with E-state index in [0.717, 1.165) is 63.0 Å². The standard InChI is InChI=1S/C23H35N5O3/c1-27(12-4-2-10-24)13-5-3-11-25-15-17-6-7-18-16-28(23(31)19(18)14-17)20-8-9-21(29)26-22(20)30/h6-7,14,20,25H,2-5,8-13,15-16,24H2,1H3,(H,26,29,30). The number of hydrogen-bond acceptors (Lipinski definition) is 6. The lowest BCUT2D eigenvalue weighted by molar-refractivity contribution is -0.136. The molecule has 8 nitrogen and oxygen atoms in total. The maximum Gasteiger partial charge on any atom is 0.255 e. The summed E-state index contributed by atoms with van der Waals surface area (Å²) in [6, 6.07) is 5.39. The van der Waals surface area contributed by atoms with Crippen LogP contribution in [0.4, 0.5) is 0 Å². The third-order valence-corrected chi connectivity index (χ3v) is 6.06. The van der Waals surface area contributed by atoms with E-state index in [9.17, 15) is 14.4 Å². The first-order chi connectivity index (χ1) is 15.0. The molecule has 0 saturated carbocycles. The van der Waals surface area contributed by atoms with Gasteiger partial charge in [-0.1, -0.05) is 12.1 Å². The van der Waals surface area contributed by atoms with Crippen LogP contribution in [0, 0.1) is 0 Å². The molecule has 1 atom stereocenters. The van der Waals surface area contributed by atoms with Crippen molar-refractivity contribution in [3.05, 3.63) is 34.9 Å². The molecular weight excluding hydrogens is 394 g/mol. The number of carbonyl (C=O) groups excluding carboxylic acids is 3. The fraction of sp³-hybridized carbons (Fsp3) is 0.609. The number of amides is 3. The van der Waals surface area contributed by atoms with Crippen molar-refractivity contribution in [1.29, 1.82) is 0 Å². The fourth-order valence-corrected chi connectivity index (χ4v) is 4.21. The number of nitrogens with zero attached hydrogens (tertiary/aromatic N) is 2. The number of carbonyl (C=O) groups is 3. The van der Waals surface area contributed by atoms with Crippen LogP contribution in [0.25, 0.3) is 0 Å². The van der Waals surface area contributed by atoms with Gasteiger partial charge in [0.2, 0.25) is 11.8 Å². The molecule has 4 N–H and O–H groups in total. The molecule has 0 radical (unpaired) electrons. The van der Waals surface area contributed by atoms with Crippen molar-refractivity contribution >= 4 is 17.7 Å². The van der Waals surface area contributed by atoms with Gasteiger partial charge in [0, 0.05) is 25.1 Å². The Kier molecular flexibility index (Phi) is 8.57. The predicted octanol–water partition coefficient (Wildman–Crippen LogP) is 0.988. The quantitative estimate of drug-likeness (QED) is 0.338. The van der Waals surface area contributed by atoms with Crippen molar-refractivity contribution in [2.75, 3.05) is 33.2 Å². The molecule has 1 fully saturated rings. The smallest absolute Gasteiger partial charge is 0.255 e. The van der Waals surface area contributed by atoms with Crippen molar-refractivity contribution in [2.45, 2.75) is 57.7 Å². The van der Waals surface area contributed by atoms with Gasteiger partial charge in [-0.15, -0.1) is 0 Å².